The van der Waals surface area contributed by atoms with Crippen molar-refractivity contribution in [1.82, 2.24) is 15.2 Å². The van der Waals surface area contributed by atoms with Gasteiger partial charge >= 0.3 is 0 Å². The lowest BCUT2D eigenvalue weighted by Crippen LogP contribution is -2.43. The van der Waals surface area contributed by atoms with Crippen LogP contribution in [0.25, 0.3) is 0 Å². The maximum Gasteiger partial charge on any atom is 0.224 e. The van der Waals surface area contributed by atoms with E-state index in [-0.39, 0.29) is 17.2 Å². The van der Waals surface area contributed by atoms with Crippen molar-refractivity contribution in [2.24, 2.45) is 11.7 Å². The Hall–Kier alpha value is -0.980. The van der Waals surface area contributed by atoms with Crippen molar-refractivity contribution in [2.45, 2.75) is 45.6 Å². The van der Waals surface area contributed by atoms with Crippen molar-refractivity contribution in [3.63, 3.8) is 0 Å². The zero-order chi connectivity index (χ0) is 16.2. The van der Waals surface area contributed by atoms with E-state index in [1.54, 1.807) is 11.3 Å². The summed E-state index contributed by atoms with van der Waals surface area (Å²) in [6.45, 7) is 10.3. The average molecular weight is 324 g/mol. The van der Waals surface area contributed by atoms with E-state index >= 15 is 0 Å². The number of hydrogen-bond acceptors (Lipinski definition) is 5. The van der Waals surface area contributed by atoms with Gasteiger partial charge in [0, 0.05) is 37.0 Å². The van der Waals surface area contributed by atoms with Crippen LogP contribution in [-0.4, -0.2) is 42.0 Å². The first-order chi connectivity index (χ1) is 10.4. The number of carbonyl (C=O) groups is 1. The van der Waals surface area contributed by atoms with Crippen LogP contribution in [0.3, 0.4) is 0 Å². The molecule has 1 fully saturated rings. The van der Waals surface area contributed by atoms with Crippen LogP contribution in [0.1, 0.15) is 44.3 Å². The molecular weight excluding hydrogens is 296 g/mol. The summed E-state index contributed by atoms with van der Waals surface area (Å²) in [6, 6.07) is 0. The first kappa shape index (κ1) is 17.4. The van der Waals surface area contributed by atoms with Gasteiger partial charge in [-0.05, 0) is 19.4 Å². The summed E-state index contributed by atoms with van der Waals surface area (Å²) >= 11 is 1.73. The number of piperidine rings is 1. The monoisotopic (exact) mass is 324 g/mol. The van der Waals surface area contributed by atoms with Crippen LogP contribution in [0.5, 0.6) is 0 Å². The molecule has 5 nitrogen and oxygen atoms in total. The van der Waals surface area contributed by atoms with Crippen LogP contribution in [0.15, 0.2) is 5.38 Å². The van der Waals surface area contributed by atoms with Gasteiger partial charge < -0.3 is 11.1 Å². The molecule has 1 aromatic rings. The molecule has 2 rings (SSSR count). The number of hydrogen-bond donors (Lipinski definition) is 2. The summed E-state index contributed by atoms with van der Waals surface area (Å²) in [5.41, 5.74) is 6.67. The lowest BCUT2D eigenvalue weighted by Gasteiger charge is -2.31. The highest BCUT2D eigenvalue weighted by Gasteiger charge is 2.26. The number of rotatable bonds is 5. The van der Waals surface area contributed by atoms with E-state index in [0.29, 0.717) is 13.1 Å². The molecule has 1 amide bonds. The molecule has 22 heavy (non-hydrogen) atoms. The Balaban J connectivity index is 1.90. The van der Waals surface area contributed by atoms with Gasteiger partial charge in [0.05, 0.1) is 16.6 Å². The highest BCUT2D eigenvalue weighted by atomic mass is 32.1. The van der Waals surface area contributed by atoms with E-state index in [9.17, 15) is 4.79 Å². The average Bonchev–Trinajstić information content (AvgIpc) is 2.93. The van der Waals surface area contributed by atoms with Crippen LogP contribution in [0, 0.1) is 5.92 Å². The molecule has 1 aromatic heterocycles. The highest BCUT2D eigenvalue weighted by Crippen LogP contribution is 2.26. The number of amides is 1. The largest absolute Gasteiger partial charge is 0.355 e. The smallest absolute Gasteiger partial charge is 0.224 e. The molecule has 0 aromatic carbocycles. The molecule has 0 radical (unpaired) electrons. The van der Waals surface area contributed by atoms with Crippen molar-refractivity contribution < 1.29 is 4.79 Å². The number of nitrogens with zero attached hydrogens (tertiary/aromatic N) is 2. The number of carbonyl (C=O) groups excluding carboxylic acids is 1. The minimum Gasteiger partial charge on any atom is -0.355 e. The van der Waals surface area contributed by atoms with Crippen molar-refractivity contribution in [3.05, 3.63) is 16.1 Å². The Morgan fingerprint density at radius 3 is 2.95 bits per heavy atom. The Labute approximate surface area is 137 Å². The van der Waals surface area contributed by atoms with E-state index in [1.165, 1.54) is 5.01 Å². The highest BCUT2D eigenvalue weighted by molar-refractivity contribution is 7.09. The van der Waals surface area contributed by atoms with Crippen molar-refractivity contribution in [2.75, 3.05) is 26.2 Å². The molecule has 0 aliphatic carbocycles. The first-order valence-electron chi connectivity index (χ1n) is 8.05. The molecule has 2 heterocycles. The molecule has 1 atom stereocenters. The zero-order valence-electron chi connectivity index (χ0n) is 13.9. The second-order valence-electron chi connectivity index (χ2n) is 7.05. The molecule has 1 aliphatic rings. The van der Waals surface area contributed by atoms with Crippen LogP contribution >= 0.6 is 11.3 Å². The standard InChI is InChI=1S/C16H28N4OS/c1-16(2,3)15-19-13(11-22-15)10-20-8-4-5-12(9-20)14(21)18-7-6-17/h11-12H,4-10,17H2,1-3H3,(H,18,21). The third-order valence-corrected chi connectivity index (χ3v) is 5.22. The summed E-state index contributed by atoms with van der Waals surface area (Å²) in [7, 11) is 0. The van der Waals surface area contributed by atoms with Gasteiger partial charge in [0.1, 0.15) is 0 Å². The fourth-order valence-corrected chi connectivity index (χ4v) is 3.60. The summed E-state index contributed by atoms with van der Waals surface area (Å²) in [5, 5.41) is 6.24. The van der Waals surface area contributed by atoms with Gasteiger partial charge in [-0.15, -0.1) is 11.3 Å². The molecule has 0 saturated carbocycles. The SMILES string of the molecule is CC(C)(C)c1nc(CN2CCCC(C(=O)NCCN)C2)cs1. The van der Waals surface area contributed by atoms with E-state index in [0.717, 1.165) is 38.2 Å². The number of nitrogens with one attached hydrogen (secondary N) is 1. The van der Waals surface area contributed by atoms with Gasteiger partial charge in [-0.1, -0.05) is 20.8 Å². The second kappa shape index (κ2) is 7.53. The molecule has 1 saturated heterocycles. The number of likely N-dealkylation sites (tertiary alicyclic amines) is 1. The van der Waals surface area contributed by atoms with Crippen LogP contribution in [-0.2, 0) is 16.8 Å². The van der Waals surface area contributed by atoms with Crippen molar-refractivity contribution >= 4 is 17.2 Å². The minimum atomic E-state index is 0.0843. The van der Waals surface area contributed by atoms with E-state index in [1.807, 2.05) is 0 Å². The lowest BCUT2D eigenvalue weighted by atomic mass is 9.97. The predicted molar refractivity (Wildman–Crippen MR) is 90.9 cm³/mol. The van der Waals surface area contributed by atoms with Gasteiger partial charge in [-0.2, -0.15) is 0 Å². The van der Waals surface area contributed by atoms with E-state index in [4.69, 9.17) is 10.7 Å². The normalized spacial score (nSPS) is 20.1. The number of nitrogens with two attached hydrogens (primary N) is 1. The van der Waals surface area contributed by atoms with Crippen LogP contribution in [0.2, 0.25) is 0 Å². The third-order valence-electron chi connectivity index (χ3n) is 3.90. The topological polar surface area (TPSA) is 71.2 Å². The maximum atomic E-state index is 12.1. The van der Waals surface area contributed by atoms with Crippen LogP contribution < -0.4 is 11.1 Å². The minimum absolute atomic E-state index is 0.0843. The fourth-order valence-electron chi connectivity index (χ4n) is 2.71. The van der Waals surface area contributed by atoms with E-state index < -0.39 is 0 Å². The molecule has 0 spiro atoms. The molecule has 6 heteroatoms. The molecule has 0 bridgehead atoms. The lowest BCUT2D eigenvalue weighted by molar-refractivity contribution is -0.126. The second-order valence-corrected chi connectivity index (χ2v) is 7.91. The zero-order valence-corrected chi connectivity index (χ0v) is 14.7. The predicted octanol–water partition coefficient (Wildman–Crippen LogP) is 1.73. The molecule has 1 unspecified atom stereocenters. The maximum absolute atomic E-state index is 12.1. The summed E-state index contributed by atoms with van der Waals surface area (Å²) in [4.78, 5) is 19.2. The number of aromatic nitrogens is 1. The quantitative estimate of drug-likeness (QED) is 0.865. The third kappa shape index (κ3) is 4.76. The Bertz CT molecular complexity index is 495. The Kier molecular flexibility index (Phi) is 5.94. The fraction of sp³-hybridized carbons (Fsp3) is 0.750. The first-order valence-corrected chi connectivity index (χ1v) is 8.93. The molecule has 1 aliphatic heterocycles. The summed E-state index contributed by atoms with van der Waals surface area (Å²) in [6.07, 6.45) is 2.04. The van der Waals surface area contributed by atoms with Gasteiger partial charge in [-0.3, -0.25) is 9.69 Å². The van der Waals surface area contributed by atoms with Gasteiger partial charge in [0.25, 0.3) is 0 Å². The van der Waals surface area contributed by atoms with Crippen LogP contribution in [0.4, 0.5) is 0 Å². The van der Waals surface area contributed by atoms with Gasteiger partial charge in [0.2, 0.25) is 5.91 Å². The molecule has 124 valence electrons. The Morgan fingerprint density at radius 1 is 1.55 bits per heavy atom. The molecule has 3 N–H and O–H groups in total. The Morgan fingerprint density at radius 2 is 2.32 bits per heavy atom. The number of thiazole rings is 1. The van der Waals surface area contributed by atoms with Gasteiger partial charge in [-0.25, -0.2) is 4.98 Å². The van der Waals surface area contributed by atoms with Crippen molar-refractivity contribution in [3.8, 4) is 0 Å². The molecular formula is C16H28N4OS. The van der Waals surface area contributed by atoms with Crippen molar-refractivity contribution in [1.29, 1.82) is 0 Å². The van der Waals surface area contributed by atoms with Gasteiger partial charge in [0.15, 0.2) is 0 Å². The summed E-state index contributed by atoms with van der Waals surface area (Å²) in [5.74, 6) is 0.227. The van der Waals surface area contributed by atoms with E-state index in [2.05, 4.69) is 36.4 Å². The summed E-state index contributed by atoms with van der Waals surface area (Å²) < 4.78 is 0.